The average Bonchev–Trinajstić information content (AvgIpc) is 2.82. The number of benzene rings is 1. The molecule has 3 aromatic rings. The maximum atomic E-state index is 13.3. The van der Waals surface area contributed by atoms with Crippen molar-refractivity contribution in [3.63, 3.8) is 0 Å². The molecule has 0 saturated heterocycles. The number of nitrogens with one attached hydrogen (secondary N) is 1. The zero-order valence-electron chi connectivity index (χ0n) is 10.1. The molecule has 3 rings (SSSR count). The quantitative estimate of drug-likeness (QED) is 0.751. The van der Waals surface area contributed by atoms with Crippen LogP contribution in [0.2, 0.25) is 0 Å². The molecule has 0 spiro atoms. The maximum absolute atomic E-state index is 13.3. The number of fused-ring (bicyclic) bond motifs is 1. The summed E-state index contributed by atoms with van der Waals surface area (Å²) in [6.45, 7) is 1.90. The number of aromatic nitrogens is 2. The van der Waals surface area contributed by atoms with Crippen LogP contribution in [0.15, 0.2) is 29.6 Å². The highest BCUT2D eigenvalue weighted by Crippen LogP contribution is 2.29. The number of nitrogens with two attached hydrogens (primary N) is 1. The third-order valence-corrected chi connectivity index (χ3v) is 3.60. The van der Waals surface area contributed by atoms with Crippen molar-refractivity contribution in [3.05, 3.63) is 41.0 Å². The zero-order valence-corrected chi connectivity index (χ0v) is 11.0. The highest BCUT2D eigenvalue weighted by atomic mass is 32.1. The second-order valence-corrected chi connectivity index (χ2v) is 5.05. The van der Waals surface area contributed by atoms with Crippen molar-refractivity contribution in [2.24, 2.45) is 0 Å². The summed E-state index contributed by atoms with van der Waals surface area (Å²) in [5.74, 6) is 0.501. The van der Waals surface area contributed by atoms with Crippen LogP contribution in [0.4, 0.5) is 21.8 Å². The minimum absolute atomic E-state index is 0.200. The Bertz CT molecular complexity index is 753. The number of hydrogen-bond acceptors (Lipinski definition) is 5. The number of rotatable bonds is 2. The highest BCUT2D eigenvalue weighted by Gasteiger charge is 2.09. The molecule has 0 aliphatic carbocycles. The molecule has 2 aromatic heterocycles. The first kappa shape index (κ1) is 11.9. The third kappa shape index (κ3) is 2.22. The Hall–Kier alpha value is -2.21. The summed E-state index contributed by atoms with van der Waals surface area (Å²) in [6.07, 6.45) is 0. The summed E-state index contributed by atoms with van der Waals surface area (Å²) in [4.78, 5) is 9.14. The molecule has 0 saturated carbocycles. The summed E-state index contributed by atoms with van der Waals surface area (Å²) in [5.41, 5.74) is 7.28. The van der Waals surface area contributed by atoms with E-state index in [-0.39, 0.29) is 11.8 Å². The molecule has 0 aliphatic heterocycles. The average molecular weight is 274 g/mol. The van der Waals surface area contributed by atoms with E-state index in [0.29, 0.717) is 11.5 Å². The van der Waals surface area contributed by atoms with Crippen molar-refractivity contribution in [1.82, 2.24) is 9.97 Å². The van der Waals surface area contributed by atoms with Crippen LogP contribution in [-0.4, -0.2) is 9.97 Å². The first-order chi connectivity index (χ1) is 9.13. The van der Waals surface area contributed by atoms with Crippen LogP contribution in [0.5, 0.6) is 0 Å². The molecule has 0 unspecified atom stereocenters. The van der Waals surface area contributed by atoms with E-state index < -0.39 is 0 Å². The van der Waals surface area contributed by atoms with Gasteiger partial charge in [0.2, 0.25) is 5.95 Å². The Morgan fingerprint density at radius 1 is 1.26 bits per heavy atom. The summed E-state index contributed by atoms with van der Waals surface area (Å²) < 4.78 is 13.3. The van der Waals surface area contributed by atoms with Gasteiger partial charge < -0.3 is 11.1 Å². The van der Waals surface area contributed by atoms with Crippen molar-refractivity contribution >= 4 is 39.0 Å². The molecule has 2 heterocycles. The number of anilines is 3. The van der Waals surface area contributed by atoms with Crippen LogP contribution in [0.3, 0.4) is 0 Å². The zero-order chi connectivity index (χ0) is 13.4. The Morgan fingerprint density at radius 2 is 2.11 bits per heavy atom. The van der Waals surface area contributed by atoms with E-state index in [1.807, 2.05) is 18.4 Å². The van der Waals surface area contributed by atoms with E-state index in [9.17, 15) is 4.39 Å². The van der Waals surface area contributed by atoms with Crippen LogP contribution in [0, 0.1) is 12.7 Å². The van der Waals surface area contributed by atoms with Gasteiger partial charge in [-0.15, -0.1) is 11.3 Å². The van der Waals surface area contributed by atoms with Gasteiger partial charge >= 0.3 is 0 Å². The van der Waals surface area contributed by atoms with Gasteiger partial charge in [0.05, 0.1) is 5.39 Å². The van der Waals surface area contributed by atoms with Gasteiger partial charge in [0, 0.05) is 5.69 Å². The minimum atomic E-state index is -0.295. The lowest BCUT2D eigenvalue weighted by molar-refractivity contribution is 0.628. The number of aryl methyl sites for hydroxylation is 1. The van der Waals surface area contributed by atoms with Crippen molar-refractivity contribution in [2.75, 3.05) is 11.1 Å². The Labute approximate surface area is 113 Å². The third-order valence-electron chi connectivity index (χ3n) is 2.80. The number of thiophene rings is 1. The fraction of sp³-hybridized carbons (Fsp3) is 0.0769. The topological polar surface area (TPSA) is 63.8 Å². The van der Waals surface area contributed by atoms with Crippen LogP contribution in [0.1, 0.15) is 5.56 Å². The lowest BCUT2D eigenvalue weighted by atomic mass is 10.2. The Kier molecular flexibility index (Phi) is 2.79. The molecule has 3 N–H and O–H groups in total. The van der Waals surface area contributed by atoms with Gasteiger partial charge in [-0.1, -0.05) is 6.07 Å². The normalized spacial score (nSPS) is 10.8. The predicted octanol–water partition coefficient (Wildman–Crippen LogP) is 3.46. The van der Waals surface area contributed by atoms with Gasteiger partial charge in [-0.05, 0) is 36.1 Å². The van der Waals surface area contributed by atoms with Gasteiger partial charge in [0.15, 0.2) is 0 Å². The molecule has 4 nitrogen and oxygen atoms in total. The van der Waals surface area contributed by atoms with Crippen molar-refractivity contribution in [1.29, 1.82) is 0 Å². The number of hydrogen-bond donors (Lipinski definition) is 2. The lowest BCUT2D eigenvalue weighted by Crippen LogP contribution is -2.01. The molecule has 0 amide bonds. The van der Waals surface area contributed by atoms with Gasteiger partial charge in [-0.25, -0.2) is 9.37 Å². The molecule has 19 heavy (non-hydrogen) atoms. The summed E-state index contributed by atoms with van der Waals surface area (Å²) in [5, 5.41) is 5.92. The Morgan fingerprint density at radius 3 is 2.95 bits per heavy atom. The van der Waals surface area contributed by atoms with Crippen LogP contribution in [-0.2, 0) is 0 Å². The minimum Gasteiger partial charge on any atom is -0.368 e. The van der Waals surface area contributed by atoms with E-state index >= 15 is 0 Å². The molecular formula is C13H11FN4S. The maximum Gasteiger partial charge on any atom is 0.223 e. The van der Waals surface area contributed by atoms with Gasteiger partial charge in [-0.2, -0.15) is 4.98 Å². The molecular weight excluding hydrogens is 263 g/mol. The first-order valence-electron chi connectivity index (χ1n) is 5.67. The fourth-order valence-electron chi connectivity index (χ4n) is 1.82. The number of nitrogen functional groups attached to an aromatic ring is 1. The first-order valence-corrected chi connectivity index (χ1v) is 6.55. The molecule has 96 valence electrons. The standard InChI is InChI=1S/C13H11FN4S/c1-7-2-3-8(14)6-10(7)16-11-9-4-5-19-12(9)18-13(15)17-11/h2-6H,1H3,(H3,15,16,17,18). The second kappa shape index (κ2) is 4.47. The second-order valence-electron chi connectivity index (χ2n) is 4.15. The summed E-state index contributed by atoms with van der Waals surface area (Å²) in [6, 6.07) is 6.49. The van der Waals surface area contributed by atoms with Crippen LogP contribution in [0.25, 0.3) is 10.2 Å². The van der Waals surface area contributed by atoms with Crippen LogP contribution >= 0.6 is 11.3 Å². The van der Waals surface area contributed by atoms with E-state index in [1.54, 1.807) is 6.07 Å². The predicted molar refractivity (Wildman–Crippen MR) is 76.2 cm³/mol. The van der Waals surface area contributed by atoms with Crippen molar-refractivity contribution in [2.45, 2.75) is 6.92 Å². The van der Waals surface area contributed by atoms with Crippen LogP contribution < -0.4 is 11.1 Å². The van der Waals surface area contributed by atoms with E-state index in [1.165, 1.54) is 23.5 Å². The smallest absolute Gasteiger partial charge is 0.223 e. The molecule has 0 bridgehead atoms. The Balaban J connectivity index is 2.10. The van der Waals surface area contributed by atoms with E-state index in [4.69, 9.17) is 5.73 Å². The number of halogens is 1. The molecule has 0 radical (unpaired) electrons. The molecule has 0 aliphatic rings. The molecule has 0 fully saturated rings. The van der Waals surface area contributed by atoms with Crippen molar-refractivity contribution < 1.29 is 4.39 Å². The van der Waals surface area contributed by atoms with Gasteiger partial charge in [0.1, 0.15) is 16.5 Å². The number of nitrogens with zero attached hydrogens (tertiary/aromatic N) is 2. The fourth-order valence-corrected chi connectivity index (χ4v) is 2.59. The molecule has 0 atom stereocenters. The molecule has 6 heteroatoms. The van der Waals surface area contributed by atoms with Crippen molar-refractivity contribution in [3.8, 4) is 0 Å². The largest absolute Gasteiger partial charge is 0.368 e. The SMILES string of the molecule is Cc1ccc(F)cc1Nc1nc(N)nc2sccc12. The molecule has 1 aromatic carbocycles. The lowest BCUT2D eigenvalue weighted by Gasteiger charge is -2.10. The van der Waals surface area contributed by atoms with E-state index in [0.717, 1.165) is 15.8 Å². The summed E-state index contributed by atoms with van der Waals surface area (Å²) >= 11 is 1.49. The highest BCUT2D eigenvalue weighted by molar-refractivity contribution is 7.16. The van der Waals surface area contributed by atoms with Gasteiger partial charge in [0.25, 0.3) is 0 Å². The summed E-state index contributed by atoms with van der Waals surface area (Å²) in [7, 11) is 0. The van der Waals surface area contributed by atoms with E-state index in [2.05, 4.69) is 15.3 Å². The van der Waals surface area contributed by atoms with Gasteiger partial charge in [-0.3, -0.25) is 0 Å². The monoisotopic (exact) mass is 274 g/mol.